The number of hydrogen-bond acceptors (Lipinski definition) is 5. The number of aromatic nitrogens is 3. The summed E-state index contributed by atoms with van der Waals surface area (Å²) in [7, 11) is 2.00. The van der Waals surface area contributed by atoms with Crippen LogP contribution in [0.4, 0.5) is 0 Å². The molecule has 1 N–H and O–H groups in total. The van der Waals surface area contributed by atoms with Crippen molar-refractivity contribution in [3.63, 3.8) is 0 Å². The van der Waals surface area contributed by atoms with Crippen LogP contribution in [0.3, 0.4) is 0 Å². The third-order valence-corrected chi connectivity index (χ3v) is 4.38. The topological polar surface area (TPSA) is 50.7 Å². The van der Waals surface area contributed by atoms with Crippen LogP contribution in [-0.4, -0.2) is 21.6 Å². The Bertz CT molecular complexity index is 511. The Hall–Kier alpha value is -1.33. The first kappa shape index (κ1) is 11.7. The average molecular weight is 260 g/mol. The van der Waals surface area contributed by atoms with Gasteiger partial charge in [0, 0.05) is 17.8 Å². The van der Waals surface area contributed by atoms with E-state index in [9.17, 15) is 0 Å². The summed E-state index contributed by atoms with van der Waals surface area (Å²) in [4.78, 5) is 5.80. The van der Waals surface area contributed by atoms with E-state index in [1.807, 2.05) is 25.5 Å². The van der Waals surface area contributed by atoms with Gasteiger partial charge in [0.05, 0.1) is 17.1 Å². The molecule has 0 aliphatic heterocycles. The molecule has 0 saturated heterocycles. The van der Waals surface area contributed by atoms with Crippen LogP contribution in [0, 0.1) is 0 Å². The number of nitrogens with zero attached hydrogens (tertiary/aromatic N) is 3. The van der Waals surface area contributed by atoms with Gasteiger partial charge in [-0.15, -0.1) is 5.10 Å². The Labute approximate surface area is 111 Å². The predicted molar refractivity (Wildman–Crippen MR) is 71.6 cm³/mol. The molecule has 0 radical (unpaired) electrons. The van der Waals surface area contributed by atoms with E-state index < -0.39 is 0 Å². The minimum absolute atomic E-state index is 0.277. The number of pyridine rings is 1. The molecule has 2 atom stereocenters. The second kappa shape index (κ2) is 5.12. The number of likely N-dealkylation sites (N-methyl/N-ethyl adjacent to an activating group) is 1. The third-order valence-electron chi connectivity index (χ3n) is 3.64. The number of rotatable bonds is 3. The largest absolute Gasteiger partial charge is 0.312 e. The first-order chi connectivity index (χ1) is 8.90. The maximum absolute atomic E-state index is 4.60. The fourth-order valence-corrected chi connectivity index (χ4v) is 3.50. The fourth-order valence-electron chi connectivity index (χ4n) is 2.82. The molecule has 2 unspecified atom stereocenters. The van der Waals surface area contributed by atoms with Crippen molar-refractivity contribution in [2.75, 3.05) is 7.05 Å². The molecule has 0 saturated carbocycles. The van der Waals surface area contributed by atoms with Crippen molar-refractivity contribution in [3.8, 4) is 0 Å². The van der Waals surface area contributed by atoms with Gasteiger partial charge in [-0.2, -0.15) is 0 Å². The fraction of sp³-hybridized carbons (Fsp3) is 0.462. The van der Waals surface area contributed by atoms with Gasteiger partial charge < -0.3 is 5.32 Å². The quantitative estimate of drug-likeness (QED) is 0.920. The molecule has 4 nitrogen and oxygen atoms in total. The zero-order valence-corrected chi connectivity index (χ0v) is 11.2. The van der Waals surface area contributed by atoms with Crippen LogP contribution in [0.15, 0.2) is 24.5 Å². The molecule has 0 aromatic carbocycles. The van der Waals surface area contributed by atoms with Crippen molar-refractivity contribution in [1.82, 2.24) is 19.9 Å². The Morgan fingerprint density at radius 3 is 3.22 bits per heavy atom. The van der Waals surface area contributed by atoms with E-state index in [0.29, 0.717) is 5.92 Å². The van der Waals surface area contributed by atoms with E-state index in [1.165, 1.54) is 40.5 Å². The molecular weight excluding hydrogens is 244 g/mol. The summed E-state index contributed by atoms with van der Waals surface area (Å²) in [5, 5.41) is 7.36. The Kier molecular flexibility index (Phi) is 3.34. The molecule has 0 amide bonds. The standard InChI is InChI=1S/C13H16N4S/c1-14-13(11-8-16-17-18-11)10-6-2-4-9-5-3-7-15-12(9)10/h3,5,7-8,10,13-14H,2,4,6H2,1H3. The van der Waals surface area contributed by atoms with Crippen LogP contribution in [0.2, 0.25) is 0 Å². The lowest BCUT2D eigenvalue weighted by Crippen LogP contribution is -2.26. The molecule has 2 heterocycles. The summed E-state index contributed by atoms with van der Waals surface area (Å²) in [5.41, 5.74) is 2.64. The van der Waals surface area contributed by atoms with Gasteiger partial charge in [0.25, 0.3) is 0 Å². The molecule has 18 heavy (non-hydrogen) atoms. The molecule has 0 fully saturated rings. The van der Waals surface area contributed by atoms with Gasteiger partial charge in [-0.3, -0.25) is 4.98 Å². The van der Waals surface area contributed by atoms with E-state index in [4.69, 9.17) is 0 Å². The highest BCUT2D eigenvalue weighted by molar-refractivity contribution is 7.05. The molecule has 1 aliphatic rings. The Morgan fingerprint density at radius 1 is 1.50 bits per heavy atom. The lowest BCUT2D eigenvalue weighted by atomic mass is 9.81. The SMILES string of the molecule is CNC(c1cnns1)C1CCCc2cccnc21. The highest BCUT2D eigenvalue weighted by Crippen LogP contribution is 2.39. The van der Waals surface area contributed by atoms with Gasteiger partial charge in [0.15, 0.2) is 0 Å². The second-order valence-corrected chi connectivity index (χ2v) is 5.45. The zero-order chi connectivity index (χ0) is 12.4. The Balaban J connectivity index is 1.97. The van der Waals surface area contributed by atoms with Crippen LogP contribution >= 0.6 is 11.5 Å². The van der Waals surface area contributed by atoms with Gasteiger partial charge >= 0.3 is 0 Å². The smallest absolute Gasteiger partial charge is 0.0669 e. The summed E-state index contributed by atoms with van der Waals surface area (Å²) in [5.74, 6) is 0.433. The van der Waals surface area contributed by atoms with Gasteiger partial charge in [-0.1, -0.05) is 10.6 Å². The number of fused-ring (bicyclic) bond motifs is 1. The average Bonchev–Trinajstić information content (AvgIpc) is 2.94. The second-order valence-electron chi connectivity index (χ2n) is 4.63. The van der Waals surface area contributed by atoms with Crippen LogP contribution in [-0.2, 0) is 6.42 Å². The number of nitrogens with one attached hydrogen (secondary N) is 1. The maximum atomic E-state index is 4.60. The van der Waals surface area contributed by atoms with Gasteiger partial charge in [0.2, 0.25) is 0 Å². The van der Waals surface area contributed by atoms with Crippen molar-refractivity contribution in [2.24, 2.45) is 0 Å². The minimum Gasteiger partial charge on any atom is -0.312 e. The zero-order valence-electron chi connectivity index (χ0n) is 10.3. The lowest BCUT2D eigenvalue weighted by Gasteiger charge is -2.30. The predicted octanol–water partition coefficient (Wildman–Crippen LogP) is 2.31. The van der Waals surface area contributed by atoms with E-state index in [2.05, 4.69) is 26.0 Å². The monoisotopic (exact) mass is 260 g/mol. The van der Waals surface area contributed by atoms with Crippen molar-refractivity contribution < 1.29 is 0 Å². The van der Waals surface area contributed by atoms with Crippen molar-refractivity contribution in [2.45, 2.75) is 31.2 Å². The minimum atomic E-state index is 0.277. The normalized spacial score (nSPS) is 20.4. The highest BCUT2D eigenvalue weighted by Gasteiger charge is 2.30. The van der Waals surface area contributed by atoms with Crippen LogP contribution in [0.25, 0.3) is 0 Å². The molecule has 5 heteroatoms. The van der Waals surface area contributed by atoms with E-state index >= 15 is 0 Å². The van der Waals surface area contributed by atoms with E-state index in [0.717, 1.165) is 6.42 Å². The molecule has 1 aliphatic carbocycles. The highest BCUT2D eigenvalue weighted by atomic mass is 32.1. The van der Waals surface area contributed by atoms with Gasteiger partial charge in [-0.05, 0) is 49.5 Å². The summed E-state index contributed by atoms with van der Waals surface area (Å²) in [6.07, 6.45) is 7.32. The molecule has 2 aromatic heterocycles. The summed E-state index contributed by atoms with van der Waals surface area (Å²) in [6.45, 7) is 0. The summed E-state index contributed by atoms with van der Waals surface area (Å²) in [6, 6.07) is 4.51. The van der Waals surface area contributed by atoms with E-state index in [-0.39, 0.29) is 6.04 Å². The summed E-state index contributed by atoms with van der Waals surface area (Å²) < 4.78 is 3.97. The third kappa shape index (κ3) is 2.04. The molecule has 94 valence electrons. The molecule has 0 spiro atoms. The van der Waals surface area contributed by atoms with E-state index in [1.54, 1.807) is 0 Å². The maximum Gasteiger partial charge on any atom is 0.0669 e. The lowest BCUT2D eigenvalue weighted by molar-refractivity contribution is 0.420. The molecule has 0 bridgehead atoms. The van der Waals surface area contributed by atoms with Crippen LogP contribution < -0.4 is 5.32 Å². The number of hydrogen-bond donors (Lipinski definition) is 1. The first-order valence-corrected chi connectivity index (χ1v) is 7.06. The molecule has 2 aromatic rings. The van der Waals surface area contributed by atoms with Crippen molar-refractivity contribution >= 4 is 11.5 Å². The van der Waals surface area contributed by atoms with Gasteiger partial charge in [0.1, 0.15) is 0 Å². The summed E-state index contributed by atoms with van der Waals surface area (Å²) >= 11 is 1.47. The molecular formula is C13H16N4S. The molecule has 3 rings (SSSR count). The van der Waals surface area contributed by atoms with Crippen molar-refractivity contribution in [1.29, 1.82) is 0 Å². The van der Waals surface area contributed by atoms with Crippen LogP contribution in [0.5, 0.6) is 0 Å². The van der Waals surface area contributed by atoms with Crippen LogP contribution in [0.1, 0.15) is 40.9 Å². The first-order valence-electron chi connectivity index (χ1n) is 6.28. The van der Waals surface area contributed by atoms with Gasteiger partial charge in [-0.25, -0.2) is 0 Å². The number of aryl methyl sites for hydroxylation is 1. The Morgan fingerprint density at radius 2 is 2.44 bits per heavy atom. The van der Waals surface area contributed by atoms with Crippen molar-refractivity contribution in [3.05, 3.63) is 40.7 Å².